The molecule has 1 fully saturated rings. The van der Waals surface area contributed by atoms with Gasteiger partial charge in [0.15, 0.2) is 23.2 Å². The number of anilines is 1. The monoisotopic (exact) mass is 573 g/mol. The molecule has 1 aliphatic rings. The first kappa shape index (κ1) is 30.0. The molecule has 5 atom stereocenters. The number of carbonyl (C=O) groups is 3. The van der Waals surface area contributed by atoms with Gasteiger partial charge in [-0.3, -0.25) is 19.0 Å². The van der Waals surface area contributed by atoms with Crippen LogP contribution in [0.3, 0.4) is 0 Å². The molecule has 1 saturated heterocycles. The van der Waals surface area contributed by atoms with Crippen LogP contribution in [0.1, 0.15) is 36.9 Å². The number of amides is 1. The zero-order chi connectivity index (χ0) is 29.4. The largest absolute Gasteiger partial charge is 0.462 e. The Balaban J connectivity index is 1.42. The van der Waals surface area contributed by atoms with Gasteiger partial charge in [0.05, 0.1) is 19.5 Å². The summed E-state index contributed by atoms with van der Waals surface area (Å²) in [6.45, 7) is 1.71. The average molecular weight is 574 g/mol. The predicted molar refractivity (Wildman–Crippen MR) is 139 cm³/mol. The maximum absolute atomic E-state index is 12.7. The van der Waals surface area contributed by atoms with Crippen LogP contribution < -0.4 is 5.32 Å². The van der Waals surface area contributed by atoms with E-state index in [4.69, 9.17) is 23.7 Å². The van der Waals surface area contributed by atoms with Crippen molar-refractivity contribution in [1.82, 2.24) is 19.5 Å². The van der Waals surface area contributed by atoms with Gasteiger partial charge in [0.2, 0.25) is 0 Å². The third kappa shape index (κ3) is 7.59. The number of ether oxygens (including phenoxy) is 5. The SMILES string of the molecule is CC(=O)OCC(CCOCO[C@H]1C(O)[C@@H](CO)O[C@H]1n1cnc2c(NC(=O)c3ccccc3)ncnc21)OC(C)=O. The lowest BCUT2D eigenvalue weighted by Gasteiger charge is -2.22. The molecule has 0 radical (unpaired) electrons. The van der Waals surface area contributed by atoms with Gasteiger partial charge in [-0.15, -0.1) is 0 Å². The summed E-state index contributed by atoms with van der Waals surface area (Å²) < 4.78 is 28.7. The molecule has 1 amide bonds. The van der Waals surface area contributed by atoms with Crippen LogP contribution >= 0.6 is 0 Å². The number of aromatic nitrogens is 4. The van der Waals surface area contributed by atoms with Crippen molar-refractivity contribution in [3.63, 3.8) is 0 Å². The van der Waals surface area contributed by atoms with E-state index in [1.54, 1.807) is 30.3 Å². The molecule has 15 nitrogen and oxygen atoms in total. The van der Waals surface area contributed by atoms with E-state index in [9.17, 15) is 24.6 Å². The van der Waals surface area contributed by atoms with Crippen molar-refractivity contribution in [1.29, 1.82) is 0 Å². The van der Waals surface area contributed by atoms with Crippen LogP contribution in [0.4, 0.5) is 5.82 Å². The van der Waals surface area contributed by atoms with Crippen LogP contribution in [-0.2, 0) is 33.3 Å². The molecule has 41 heavy (non-hydrogen) atoms. The number of carbonyl (C=O) groups excluding carboxylic acids is 3. The number of aliphatic hydroxyl groups excluding tert-OH is 2. The molecule has 0 spiro atoms. The molecule has 3 heterocycles. The lowest BCUT2D eigenvalue weighted by atomic mass is 10.1. The maximum atomic E-state index is 12.7. The highest BCUT2D eigenvalue weighted by Gasteiger charge is 2.46. The van der Waals surface area contributed by atoms with E-state index in [1.165, 1.54) is 31.1 Å². The van der Waals surface area contributed by atoms with Crippen molar-refractivity contribution in [2.45, 2.75) is 50.9 Å². The number of benzene rings is 1. The van der Waals surface area contributed by atoms with Crippen LogP contribution in [0.2, 0.25) is 0 Å². The Morgan fingerprint density at radius 2 is 1.90 bits per heavy atom. The van der Waals surface area contributed by atoms with E-state index in [2.05, 4.69) is 20.3 Å². The summed E-state index contributed by atoms with van der Waals surface area (Å²) in [5, 5.41) is 23.2. The fourth-order valence-electron chi connectivity index (χ4n) is 4.19. The van der Waals surface area contributed by atoms with E-state index in [-0.39, 0.29) is 43.7 Å². The summed E-state index contributed by atoms with van der Waals surface area (Å²) in [5.41, 5.74) is 1.01. The first-order valence-corrected chi connectivity index (χ1v) is 12.8. The van der Waals surface area contributed by atoms with Crippen LogP contribution in [0.25, 0.3) is 11.2 Å². The van der Waals surface area contributed by atoms with Crippen molar-refractivity contribution in [2.75, 3.05) is 31.9 Å². The standard InChI is InChI=1S/C26H31N5O10/c1-15(33)38-11-18(40-16(2)34)8-9-37-14-39-22-21(35)19(10-32)41-26(22)31-13-29-20-23(27-12-28-24(20)31)30-25(36)17-6-4-3-5-7-17/h3-7,12-13,18-19,21-22,26,32,35H,8-11,14H2,1-2H3,(H,27,28,30,36)/t18?,19-,21?,22+,26-/m1/s1. The molecular formula is C26H31N5O10. The molecule has 3 N–H and O–H groups in total. The topological polar surface area (TPSA) is 193 Å². The molecular weight excluding hydrogens is 542 g/mol. The molecule has 2 aromatic heterocycles. The molecule has 1 aliphatic heterocycles. The summed E-state index contributed by atoms with van der Waals surface area (Å²) in [7, 11) is 0. The lowest BCUT2D eigenvalue weighted by Crippen LogP contribution is -2.36. The Labute approximate surface area is 234 Å². The third-order valence-corrected chi connectivity index (χ3v) is 6.13. The molecule has 220 valence electrons. The number of hydrogen-bond donors (Lipinski definition) is 3. The molecule has 2 unspecified atom stereocenters. The van der Waals surface area contributed by atoms with E-state index < -0.39 is 49.2 Å². The Hall–Kier alpha value is -4.02. The highest BCUT2D eigenvalue weighted by atomic mass is 16.7. The van der Waals surface area contributed by atoms with Crippen LogP contribution in [0, 0.1) is 0 Å². The molecule has 3 aromatic rings. The number of imidazole rings is 1. The average Bonchev–Trinajstić information content (AvgIpc) is 3.52. The van der Waals surface area contributed by atoms with Gasteiger partial charge in [-0.25, -0.2) is 15.0 Å². The summed E-state index contributed by atoms with van der Waals surface area (Å²) in [5.74, 6) is -1.23. The number of nitrogens with one attached hydrogen (secondary N) is 1. The first-order valence-electron chi connectivity index (χ1n) is 12.8. The molecule has 4 rings (SSSR count). The second kappa shape index (κ2) is 14.0. The predicted octanol–water partition coefficient (Wildman–Crippen LogP) is 0.573. The van der Waals surface area contributed by atoms with Gasteiger partial charge in [0, 0.05) is 25.8 Å². The lowest BCUT2D eigenvalue weighted by molar-refractivity contribution is -0.160. The smallest absolute Gasteiger partial charge is 0.303 e. The van der Waals surface area contributed by atoms with Crippen molar-refractivity contribution < 1.29 is 48.3 Å². The number of hydrogen-bond acceptors (Lipinski definition) is 13. The minimum absolute atomic E-state index is 0.0860. The summed E-state index contributed by atoms with van der Waals surface area (Å²) in [6.07, 6.45) is -1.94. The molecule has 15 heteroatoms. The summed E-state index contributed by atoms with van der Waals surface area (Å²) in [4.78, 5) is 47.8. The van der Waals surface area contributed by atoms with E-state index in [0.717, 1.165) is 0 Å². The second-order valence-electron chi connectivity index (χ2n) is 9.08. The first-order chi connectivity index (χ1) is 19.8. The van der Waals surface area contributed by atoms with Crippen molar-refractivity contribution >= 4 is 34.8 Å². The van der Waals surface area contributed by atoms with Crippen LogP contribution in [0.15, 0.2) is 43.0 Å². The van der Waals surface area contributed by atoms with Gasteiger partial charge >= 0.3 is 11.9 Å². The van der Waals surface area contributed by atoms with Gasteiger partial charge in [-0.05, 0) is 12.1 Å². The number of rotatable bonds is 13. The van der Waals surface area contributed by atoms with Gasteiger partial charge in [-0.1, -0.05) is 18.2 Å². The fourth-order valence-corrected chi connectivity index (χ4v) is 4.19. The number of aliphatic hydroxyl groups is 2. The minimum Gasteiger partial charge on any atom is -0.462 e. The van der Waals surface area contributed by atoms with Crippen molar-refractivity contribution in [2.24, 2.45) is 0 Å². The number of fused-ring (bicyclic) bond motifs is 1. The highest BCUT2D eigenvalue weighted by Crippen LogP contribution is 2.34. The molecule has 1 aromatic carbocycles. The zero-order valence-electron chi connectivity index (χ0n) is 22.4. The number of nitrogens with zero attached hydrogens (tertiary/aromatic N) is 4. The van der Waals surface area contributed by atoms with Gasteiger partial charge in [0.1, 0.15) is 44.1 Å². The zero-order valence-corrected chi connectivity index (χ0v) is 22.4. The molecule has 0 bridgehead atoms. The van der Waals surface area contributed by atoms with Crippen molar-refractivity contribution in [3.05, 3.63) is 48.5 Å². The van der Waals surface area contributed by atoms with Gasteiger partial charge in [0.25, 0.3) is 5.91 Å². The van der Waals surface area contributed by atoms with E-state index >= 15 is 0 Å². The quantitative estimate of drug-likeness (QED) is 0.146. The molecule has 0 aliphatic carbocycles. The van der Waals surface area contributed by atoms with Crippen LogP contribution in [0.5, 0.6) is 0 Å². The maximum Gasteiger partial charge on any atom is 0.303 e. The number of esters is 2. The Bertz CT molecular complexity index is 1340. The normalized spacial score (nSPS) is 21.0. The van der Waals surface area contributed by atoms with E-state index in [0.29, 0.717) is 11.2 Å². The van der Waals surface area contributed by atoms with Crippen molar-refractivity contribution in [3.8, 4) is 0 Å². The van der Waals surface area contributed by atoms with Crippen LogP contribution in [-0.4, -0.2) is 98.6 Å². The summed E-state index contributed by atoms with van der Waals surface area (Å²) >= 11 is 0. The summed E-state index contributed by atoms with van der Waals surface area (Å²) in [6, 6.07) is 8.60. The second-order valence-corrected chi connectivity index (χ2v) is 9.08. The Morgan fingerprint density at radius 3 is 2.61 bits per heavy atom. The Kier molecular flexibility index (Phi) is 10.3. The fraction of sp³-hybridized carbons (Fsp3) is 0.462. The molecule has 0 saturated carbocycles. The Morgan fingerprint density at radius 1 is 1.12 bits per heavy atom. The highest BCUT2D eigenvalue weighted by molar-refractivity contribution is 6.06. The van der Waals surface area contributed by atoms with Gasteiger partial charge in [-0.2, -0.15) is 0 Å². The van der Waals surface area contributed by atoms with E-state index in [1.807, 2.05) is 0 Å². The van der Waals surface area contributed by atoms with Gasteiger partial charge < -0.3 is 39.2 Å². The third-order valence-electron chi connectivity index (χ3n) is 6.13. The minimum atomic E-state index is -1.22.